The molecule has 4 nitrogen and oxygen atoms in total. The number of amides is 1. The number of rotatable bonds is 9. The van der Waals surface area contributed by atoms with Crippen molar-refractivity contribution >= 4 is 5.91 Å². The second kappa shape index (κ2) is 7.85. The molecule has 1 heterocycles. The van der Waals surface area contributed by atoms with Gasteiger partial charge < -0.3 is 9.64 Å². The van der Waals surface area contributed by atoms with Crippen LogP contribution in [0.1, 0.15) is 59.8 Å². The van der Waals surface area contributed by atoms with E-state index in [1.807, 2.05) is 11.8 Å². The molecule has 19 heavy (non-hydrogen) atoms. The van der Waals surface area contributed by atoms with Gasteiger partial charge in [-0.3, -0.25) is 10.1 Å². The van der Waals surface area contributed by atoms with Crippen molar-refractivity contribution in [1.29, 1.82) is 0 Å². The topological polar surface area (TPSA) is 41.6 Å². The van der Waals surface area contributed by atoms with Crippen LogP contribution in [0.3, 0.4) is 0 Å². The Morgan fingerprint density at radius 3 is 2.58 bits per heavy atom. The maximum absolute atomic E-state index is 12.5. The summed E-state index contributed by atoms with van der Waals surface area (Å²) in [4.78, 5) is 14.4. The number of ether oxygens (including phenoxy) is 1. The van der Waals surface area contributed by atoms with E-state index in [1.54, 1.807) is 0 Å². The van der Waals surface area contributed by atoms with Crippen molar-refractivity contribution in [2.45, 2.75) is 71.5 Å². The highest BCUT2D eigenvalue weighted by Gasteiger charge is 2.45. The molecule has 2 unspecified atom stereocenters. The third-order valence-electron chi connectivity index (χ3n) is 3.98. The molecular formula is C15H30N2O2. The number of hydrogen-bond donors (Lipinski definition) is 1. The van der Waals surface area contributed by atoms with Crippen molar-refractivity contribution in [1.82, 2.24) is 10.2 Å². The van der Waals surface area contributed by atoms with E-state index in [9.17, 15) is 4.79 Å². The van der Waals surface area contributed by atoms with Gasteiger partial charge in [0.1, 0.15) is 0 Å². The molecule has 112 valence electrons. The van der Waals surface area contributed by atoms with E-state index >= 15 is 0 Å². The summed E-state index contributed by atoms with van der Waals surface area (Å²) in [5, 5.41) is 3.49. The third-order valence-corrected chi connectivity index (χ3v) is 3.98. The van der Waals surface area contributed by atoms with Crippen molar-refractivity contribution < 1.29 is 9.53 Å². The van der Waals surface area contributed by atoms with Crippen molar-refractivity contribution in [3.63, 3.8) is 0 Å². The molecule has 1 aliphatic rings. The average Bonchev–Trinajstić information content (AvgIpc) is 2.64. The van der Waals surface area contributed by atoms with Gasteiger partial charge in [-0.2, -0.15) is 0 Å². The summed E-state index contributed by atoms with van der Waals surface area (Å²) < 4.78 is 5.59. The predicted octanol–water partition coefficient (Wildman–Crippen LogP) is 2.53. The van der Waals surface area contributed by atoms with Crippen LogP contribution in [0.15, 0.2) is 0 Å². The minimum Gasteiger partial charge on any atom is -0.380 e. The Balaban J connectivity index is 2.49. The highest BCUT2D eigenvalue weighted by atomic mass is 16.5. The number of nitrogens with one attached hydrogen (secondary N) is 1. The predicted molar refractivity (Wildman–Crippen MR) is 78.0 cm³/mol. The van der Waals surface area contributed by atoms with Crippen LogP contribution >= 0.6 is 0 Å². The molecule has 1 aliphatic heterocycles. The van der Waals surface area contributed by atoms with Crippen LogP contribution in [-0.4, -0.2) is 42.3 Å². The number of carbonyl (C=O) groups excluding carboxylic acids is 1. The molecule has 0 radical (unpaired) electrons. The molecule has 4 heteroatoms. The van der Waals surface area contributed by atoms with Gasteiger partial charge >= 0.3 is 0 Å². The van der Waals surface area contributed by atoms with E-state index in [0.717, 1.165) is 38.7 Å². The van der Waals surface area contributed by atoms with Crippen molar-refractivity contribution in [3.8, 4) is 0 Å². The van der Waals surface area contributed by atoms with Gasteiger partial charge in [0.15, 0.2) is 0 Å². The van der Waals surface area contributed by atoms with Crippen LogP contribution in [0.4, 0.5) is 0 Å². The summed E-state index contributed by atoms with van der Waals surface area (Å²) >= 11 is 0. The van der Waals surface area contributed by atoms with Crippen LogP contribution in [0.5, 0.6) is 0 Å². The van der Waals surface area contributed by atoms with E-state index in [4.69, 9.17) is 4.74 Å². The smallest absolute Gasteiger partial charge is 0.243 e. The molecule has 0 aromatic rings. The molecular weight excluding hydrogens is 240 g/mol. The molecule has 0 bridgehead atoms. The van der Waals surface area contributed by atoms with Crippen molar-refractivity contribution in [2.75, 3.05) is 19.8 Å². The highest BCUT2D eigenvalue weighted by Crippen LogP contribution is 2.25. The number of hydrogen-bond acceptors (Lipinski definition) is 3. The molecule has 1 fully saturated rings. The lowest BCUT2D eigenvalue weighted by Crippen LogP contribution is -2.43. The van der Waals surface area contributed by atoms with E-state index in [0.29, 0.717) is 13.2 Å². The molecule has 1 amide bonds. The summed E-state index contributed by atoms with van der Waals surface area (Å²) in [5.41, 5.74) is -0.386. The Bertz CT molecular complexity index is 283. The molecule has 0 spiro atoms. The van der Waals surface area contributed by atoms with Gasteiger partial charge in [0.2, 0.25) is 5.91 Å². The summed E-state index contributed by atoms with van der Waals surface area (Å²) in [5.74, 6) is 0.229. The van der Waals surface area contributed by atoms with Gasteiger partial charge in [0.25, 0.3) is 0 Å². The van der Waals surface area contributed by atoms with Crippen LogP contribution in [0, 0.1) is 0 Å². The van der Waals surface area contributed by atoms with Gasteiger partial charge in [-0.25, -0.2) is 0 Å². The first-order valence-electron chi connectivity index (χ1n) is 7.75. The largest absolute Gasteiger partial charge is 0.380 e. The quantitative estimate of drug-likeness (QED) is 0.655. The Morgan fingerprint density at radius 1 is 1.26 bits per heavy atom. The molecule has 1 N–H and O–H groups in total. The number of carbonyl (C=O) groups is 1. The molecule has 0 aromatic carbocycles. The van der Waals surface area contributed by atoms with Crippen molar-refractivity contribution in [3.05, 3.63) is 0 Å². The molecule has 0 aliphatic carbocycles. The zero-order valence-electron chi connectivity index (χ0n) is 13.0. The zero-order valence-corrected chi connectivity index (χ0v) is 13.0. The molecule has 1 rings (SSSR count). The highest BCUT2D eigenvalue weighted by molar-refractivity contribution is 5.88. The minimum absolute atomic E-state index is 0.178. The summed E-state index contributed by atoms with van der Waals surface area (Å²) in [6.45, 7) is 10.5. The fraction of sp³-hybridized carbons (Fsp3) is 0.933. The summed E-state index contributed by atoms with van der Waals surface area (Å²) in [7, 11) is 0. The standard InChI is InChI=1S/C15H30N2O2/c1-5-8-11-19-12-10-17-13(9-6-2)16-15(4,7-3)14(17)18/h13,16H,5-12H2,1-4H3. The van der Waals surface area contributed by atoms with Crippen LogP contribution in [0.25, 0.3) is 0 Å². The maximum atomic E-state index is 12.5. The van der Waals surface area contributed by atoms with Crippen molar-refractivity contribution in [2.24, 2.45) is 0 Å². The fourth-order valence-corrected chi connectivity index (χ4v) is 2.49. The monoisotopic (exact) mass is 270 g/mol. The SMILES string of the molecule is CCCCOCCN1C(=O)C(C)(CC)NC1CCC. The molecule has 2 atom stereocenters. The third kappa shape index (κ3) is 4.18. The van der Waals surface area contributed by atoms with Crippen LogP contribution in [-0.2, 0) is 9.53 Å². The second-order valence-electron chi connectivity index (χ2n) is 5.60. The number of unbranched alkanes of at least 4 members (excludes halogenated alkanes) is 1. The van der Waals surface area contributed by atoms with Crippen LogP contribution in [0.2, 0.25) is 0 Å². The van der Waals surface area contributed by atoms with Gasteiger partial charge in [-0.15, -0.1) is 0 Å². The van der Waals surface area contributed by atoms with Gasteiger partial charge in [0.05, 0.1) is 18.3 Å². The van der Waals surface area contributed by atoms with Gasteiger partial charge in [0, 0.05) is 13.2 Å². The molecule has 0 aromatic heterocycles. The second-order valence-corrected chi connectivity index (χ2v) is 5.60. The first-order chi connectivity index (χ1) is 9.09. The van der Waals surface area contributed by atoms with E-state index in [-0.39, 0.29) is 17.6 Å². The maximum Gasteiger partial charge on any atom is 0.243 e. The minimum atomic E-state index is -0.386. The Morgan fingerprint density at radius 2 is 2.00 bits per heavy atom. The lowest BCUT2D eigenvalue weighted by molar-refractivity contribution is -0.133. The van der Waals surface area contributed by atoms with Crippen LogP contribution < -0.4 is 5.32 Å². The summed E-state index contributed by atoms with van der Waals surface area (Å²) in [6, 6.07) is 0. The normalized spacial score (nSPS) is 27.3. The van der Waals surface area contributed by atoms with Gasteiger partial charge in [-0.1, -0.05) is 33.6 Å². The van der Waals surface area contributed by atoms with Gasteiger partial charge in [-0.05, 0) is 26.2 Å². The lowest BCUT2D eigenvalue weighted by Gasteiger charge is -2.23. The Labute approximate surface area is 117 Å². The van der Waals surface area contributed by atoms with E-state index < -0.39 is 0 Å². The van der Waals surface area contributed by atoms with E-state index in [1.165, 1.54) is 0 Å². The summed E-state index contributed by atoms with van der Waals surface area (Å²) in [6.07, 6.45) is 5.35. The number of nitrogens with zero attached hydrogens (tertiary/aromatic N) is 1. The molecule has 1 saturated heterocycles. The fourth-order valence-electron chi connectivity index (χ4n) is 2.49. The first kappa shape index (κ1) is 16.4. The Hall–Kier alpha value is -0.610. The zero-order chi connectivity index (χ0) is 14.3. The first-order valence-corrected chi connectivity index (χ1v) is 7.75. The molecule has 0 saturated carbocycles. The Kier molecular flexibility index (Phi) is 6.80. The van der Waals surface area contributed by atoms with E-state index in [2.05, 4.69) is 26.1 Å². The lowest BCUT2D eigenvalue weighted by atomic mass is 9.99. The average molecular weight is 270 g/mol.